The molecular formula is C6H16NNaO3. The first kappa shape index (κ1) is 14.4. The zero-order valence-electron chi connectivity index (χ0n) is 6.03. The van der Waals surface area contributed by atoms with Crippen LogP contribution < -0.4 is 0 Å². The van der Waals surface area contributed by atoms with Crippen molar-refractivity contribution in [1.29, 1.82) is 0 Å². The molecule has 0 atom stereocenters. The molecule has 0 aromatic rings. The molecule has 11 heavy (non-hydrogen) atoms. The Morgan fingerprint density at radius 3 is 1.18 bits per heavy atom. The second kappa shape index (κ2) is 10.8. The maximum atomic E-state index is 8.48. The molecule has 3 N–H and O–H groups in total. The molecule has 0 aliphatic rings. The summed E-state index contributed by atoms with van der Waals surface area (Å²) in [6.45, 7) is 1.75. The van der Waals surface area contributed by atoms with Crippen LogP contribution in [0.1, 0.15) is 0 Å². The van der Waals surface area contributed by atoms with E-state index in [4.69, 9.17) is 15.3 Å². The molecular weight excluding hydrogens is 157 g/mol. The summed E-state index contributed by atoms with van der Waals surface area (Å²) in [4.78, 5) is 1.79. The Morgan fingerprint density at radius 2 is 1.00 bits per heavy atom. The fourth-order valence-corrected chi connectivity index (χ4v) is 0.760. The molecule has 0 rings (SSSR count). The minimum atomic E-state index is 0. The van der Waals surface area contributed by atoms with E-state index >= 15 is 0 Å². The fraction of sp³-hybridized carbons (Fsp3) is 1.00. The average molecular weight is 173 g/mol. The van der Waals surface area contributed by atoms with Gasteiger partial charge in [0.1, 0.15) is 0 Å². The molecule has 0 bridgehead atoms. The van der Waals surface area contributed by atoms with Gasteiger partial charge >= 0.3 is 29.6 Å². The molecule has 0 heterocycles. The normalized spacial score (nSPS) is 9.82. The average Bonchev–Trinajstić information content (AvgIpc) is 1.90. The Kier molecular flexibility index (Phi) is 14.2. The van der Waals surface area contributed by atoms with Gasteiger partial charge in [0.25, 0.3) is 0 Å². The van der Waals surface area contributed by atoms with Crippen LogP contribution in [-0.2, 0) is 0 Å². The van der Waals surface area contributed by atoms with Crippen molar-refractivity contribution >= 4 is 29.6 Å². The molecule has 64 valence electrons. The third kappa shape index (κ3) is 8.75. The van der Waals surface area contributed by atoms with Gasteiger partial charge in [-0.25, -0.2) is 0 Å². The number of hydrogen-bond donors (Lipinski definition) is 3. The zero-order chi connectivity index (χ0) is 7.82. The molecule has 5 heteroatoms. The monoisotopic (exact) mass is 173 g/mol. The van der Waals surface area contributed by atoms with Crippen molar-refractivity contribution < 1.29 is 15.3 Å². The van der Waals surface area contributed by atoms with Gasteiger partial charge in [-0.1, -0.05) is 0 Å². The quantitative estimate of drug-likeness (QED) is 0.392. The van der Waals surface area contributed by atoms with Crippen LogP contribution >= 0.6 is 0 Å². The van der Waals surface area contributed by atoms with Crippen LogP contribution in [0.4, 0.5) is 0 Å². The van der Waals surface area contributed by atoms with E-state index in [2.05, 4.69) is 0 Å². The van der Waals surface area contributed by atoms with Crippen molar-refractivity contribution in [2.45, 2.75) is 0 Å². The molecule has 0 saturated heterocycles. The molecule has 0 aromatic heterocycles. The molecule has 0 aromatic carbocycles. The molecule has 0 unspecified atom stereocenters. The van der Waals surface area contributed by atoms with Crippen LogP contribution in [0, 0.1) is 0 Å². The van der Waals surface area contributed by atoms with Crippen LogP contribution in [0.5, 0.6) is 0 Å². The molecule has 0 saturated carbocycles. The first-order chi connectivity index (χ1) is 4.85. The summed E-state index contributed by atoms with van der Waals surface area (Å²) in [6, 6.07) is 0. The summed E-state index contributed by atoms with van der Waals surface area (Å²) in [5, 5.41) is 25.5. The molecule has 0 spiro atoms. The van der Waals surface area contributed by atoms with Gasteiger partial charge in [0.2, 0.25) is 0 Å². The summed E-state index contributed by atoms with van der Waals surface area (Å²) in [6.07, 6.45) is 0. The fourth-order valence-electron chi connectivity index (χ4n) is 0.760. The second-order valence-corrected chi connectivity index (χ2v) is 2.01. The van der Waals surface area contributed by atoms with E-state index in [-0.39, 0.29) is 49.4 Å². The zero-order valence-corrected chi connectivity index (χ0v) is 6.03. The standard InChI is InChI=1S/C6H15NO3.Na.H/c8-4-1-7(2-5-9)3-6-10;;/h8-10H,1-6H2;;. The number of aliphatic hydroxyl groups is 3. The summed E-state index contributed by atoms with van der Waals surface area (Å²) < 4.78 is 0. The first-order valence-corrected chi connectivity index (χ1v) is 3.40. The van der Waals surface area contributed by atoms with Crippen LogP contribution in [0.3, 0.4) is 0 Å². The van der Waals surface area contributed by atoms with Crippen molar-refractivity contribution in [3.8, 4) is 0 Å². The van der Waals surface area contributed by atoms with E-state index < -0.39 is 0 Å². The number of hydrogen-bond acceptors (Lipinski definition) is 4. The predicted octanol–water partition coefficient (Wildman–Crippen LogP) is -2.38. The number of rotatable bonds is 6. The van der Waals surface area contributed by atoms with E-state index in [0.29, 0.717) is 19.6 Å². The molecule has 4 nitrogen and oxygen atoms in total. The SMILES string of the molecule is OCCN(CCO)CCO.[NaH]. The molecule has 0 fully saturated rings. The van der Waals surface area contributed by atoms with E-state index in [9.17, 15) is 0 Å². The molecule has 0 amide bonds. The van der Waals surface area contributed by atoms with Gasteiger partial charge in [-0.05, 0) is 0 Å². The minimum absolute atomic E-state index is 0. The van der Waals surface area contributed by atoms with Gasteiger partial charge in [-0.15, -0.1) is 0 Å². The first-order valence-electron chi connectivity index (χ1n) is 3.40. The van der Waals surface area contributed by atoms with Crippen molar-refractivity contribution in [3.05, 3.63) is 0 Å². The Labute approximate surface area is 89.1 Å². The van der Waals surface area contributed by atoms with E-state index in [0.717, 1.165) is 0 Å². The van der Waals surface area contributed by atoms with Crippen molar-refractivity contribution in [2.75, 3.05) is 39.5 Å². The summed E-state index contributed by atoms with van der Waals surface area (Å²) in [5.41, 5.74) is 0. The summed E-state index contributed by atoms with van der Waals surface area (Å²) in [7, 11) is 0. The Bertz CT molecular complexity index is 60.6. The Morgan fingerprint density at radius 1 is 0.727 bits per heavy atom. The van der Waals surface area contributed by atoms with E-state index in [1.165, 1.54) is 0 Å². The maximum absolute atomic E-state index is 8.48. The van der Waals surface area contributed by atoms with Crippen LogP contribution in [0.15, 0.2) is 0 Å². The van der Waals surface area contributed by atoms with Gasteiger partial charge < -0.3 is 15.3 Å². The molecule has 0 radical (unpaired) electrons. The topological polar surface area (TPSA) is 63.9 Å². The second-order valence-electron chi connectivity index (χ2n) is 2.01. The number of nitrogens with zero attached hydrogens (tertiary/aromatic N) is 1. The van der Waals surface area contributed by atoms with Crippen LogP contribution in [-0.4, -0.2) is 89.2 Å². The van der Waals surface area contributed by atoms with Gasteiger partial charge in [0.05, 0.1) is 19.8 Å². The van der Waals surface area contributed by atoms with Crippen molar-refractivity contribution in [2.24, 2.45) is 0 Å². The van der Waals surface area contributed by atoms with Gasteiger partial charge in [0, 0.05) is 19.6 Å². The Hall–Kier alpha value is 0.840. The molecule has 0 aliphatic carbocycles. The third-order valence-corrected chi connectivity index (χ3v) is 1.25. The predicted molar refractivity (Wildman–Crippen MR) is 44.8 cm³/mol. The molecule has 0 aliphatic heterocycles. The van der Waals surface area contributed by atoms with Crippen LogP contribution in [0.2, 0.25) is 0 Å². The van der Waals surface area contributed by atoms with Gasteiger partial charge in [0.15, 0.2) is 0 Å². The van der Waals surface area contributed by atoms with E-state index in [1.807, 2.05) is 0 Å². The van der Waals surface area contributed by atoms with Crippen molar-refractivity contribution in [3.63, 3.8) is 0 Å². The van der Waals surface area contributed by atoms with Crippen molar-refractivity contribution in [1.82, 2.24) is 4.90 Å². The van der Waals surface area contributed by atoms with Crippen LogP contribution in [0.25, 0.3) is 0 Å². The van der Waals surface area contributed by atoms with Gasteiger partial charge in [-0.3, -0.25) is 4.90 Å². The Balaban J connectivity index is 0. The van der Waals surface area contributed by atoms with Gasteiger partial charge in [-0.2, -0.15) is 0 Å². The number of aliphatic hydroxyl groups excluding tert-OH is 3. The summed E-state index contributed by atoms with van der Waals surface area (Å²) in [5.74, 6) is 0. The van der Waals surface area contributed by atoms with E-state index in [1.54, 1.807) is 4.90 Å². The third-order valence-electron chi connectivity index (χ3n) is 1.25. The summed E-state index contributed by atoms with van der Waals surface area (Å²) >= 11 is 0.